The molecule has 0 saturated heterocycles. The molecule has 94 valence electrons. The molecule has 1 N–H and O–H groups in total. The minimum atomic E-state index is -1.14. The highest BCUT2D eigenvalue weighted by Crippen LogP contribution is 2.13. The fourth-order valence-corrected chi connectivity index (χ4v) is 1.45. The van der Waals surface area contributed by atoms with Gasteiger partial charge in [0.1, 0.15) is 0 Å². The Morgan fingerprint density at radius 1 is 1.41 bits per heavy atom. The van der Waals surface area contributed by atoms with Crippen molar-refractivity contribution in [2.75, 3.05) is 13.7 Å². The fourth-order valence-electron chi connectivity index (χ4n) is 1.45. The lowest BCUT2D eigenvalue weighted by molar-refractivity contribution is 0.0815. The van der Waals surface area contributed by atoms with Gasteiger partial charge >= 0.3 is 0 Å². The van der Waals surface area contributed by atoms with Gasteiger partial charge in [0.05, 0.1) is 17.7 Å². The Balaban J connectivity index is 2.87. The van der Waals surface area contributed by atoms with E-state index in [1.807, 2.05) is 0 Å². The first-order valence-electron chi connectivity index (χ1n) is 5.13. The van der Waals surface area contributed by atoms with Crippen molar-refractivity contribution in [3.63, 3.8) is 0 Å². The first kappa shape index (κ1) is 13.6. The van der Waals surface area contributed by atoms with Crippen LogP contribution in [0.1, 0.15) is 24.2 Å². The Morgan fingerprint density at radius 3 is 2.65 bits per heavy atom. The maximum absolute atomic E-state index is 13.3. The van der Waals surface area contributed by atoms with E-state index in [1.165, 1.54) is 19.2 Å². The van der Waals surface area contributed by atoms with Crippen LogP contribution in [0.2, 0.25) is 0 Å². The molecule has 0 aliphatic carbocycles. The average molecular weight is 243 g/mol. The monoisotopic (exact) mass is 243 g/mol. The highest BCUT2D eigenvalue weighted by Gasteiger charge is 2.23. The standard InChI is InChI=1S/C12H15F2NO2/c1-12(2,7-17-3)15-11(16)8-5-4-6-9(13)10(8)14/h4-6H,7H2,1-3H3,(H,15,16). The van der Waals surface area contributed by atoms with Gasteiger partial charge in [-0.3, -0.25) is 4.79 Å². The fraction of sp³-hybridized carbons (Fsp3) is 0.417. The third-order valence-electron chi connectivity index (χ3n) is 2.15. The van der Waals surface area contributed by atoms with Crippen molar-refractivity contribution in [1.29, 1.82) is 0 Å². The number of carbonyl (C=O) groups excluding carboxylic acids is 1. The van der Waals surface area contributed by atoms with E-state index in [4.69, 9.17) is 4.74 Å². The summed E-state index contributed by atoms with van der Waals surface area (Å²) >= 11 is 0. The number of benzene rings is 1. The summed E-state index contributed by atoms with van der Waals surface area (Å²) in [5.41, 5.74) is -0.959. The number of nitrogens with one attached hydrogen (secondary N) is 1. The van der Waals surface area contributed by atoms with Crippen LogP contribution in [-0.4, -0.2) is 25.2 Å². The summed E-state index contributed by atoms with van der Waals surface area (Å²) in [6.45, 7) is 3.73. The molecule has 0 unspecified atom stereocenters. The number of carbonyl (C=O) groups is 1. The molecular formula is C12H15F2NO2. The quantitative estimate of drug-likeness (QED) is 0.879. The normalized spacial score (nSPS) is 11.4. The molecule has 0 heterocycles. The number of rotatable bonds is 4. The summed E-state index contributed by atoms with van der Waals surface area (Å²) in [6.07, 6.45) is 0. The summed E-state index contributed by atoms with van der Waals surface area (Å²) in [5.74, 6) is -2.84. The van der Waals surface area contributed by atoms with Gasteiger partial charge in [-0.2, -0.15) is 0 Å². The van der Waals surface area contributed by atoms with Crippen LogP contribution in [0.4, 0.5) is 8.78 Å². The van der Waals surface area contributed by atoms with Gasteiger partial charge in [-0.15, -0.1) is 0 Å². The number of ether oxygens (including phenoxy) is 1. The highest BCUT2D eigenvalue weighted by atomic mass is 19.2. The lowest BCUT2D eigenvalue weighted by Crippen LogP contribution is -2.47. The number of amides is 1. The molecule has 1 rings (SSSR count). The second-order valence-electron chi connectivity index (χ2n) is 4.37. The van der Waals surface area contributed by atoms with Crippen LogP contribution in [0.15, 0.2) is 18.2 Å². The zero-order valence-electron chi connectivity index (χ0n) is 10.0. The largest absolute Gasteiger partial charge is 0.382 e. The topological polar surface area (TPSA) is 38.3 Å². The molecule has 0 atom stereocenters. The van der Waals surface area contributed by atoms with Crippen molar-refractivity contribution in [3.05, 3.63) is 35.4 Å². The van der Waals surface area contributed by atoms with Gasteiger partial charge in [0.25, 0.3) is 5.91 Å². The van der Waals surface area contributed by atoms with Crippen molar-refractivity contribution >= 4 is 5.91 Å². The van der Waals surface area contributed by atoms with Crippen LogP contribution in [0.3, 0.4) is 0 Å². The molecule has 5 heteroatoms. The number of hydrogen-bond acceptors (Lipinski definition) is 2. The maximum Gasteiger partial charge on any atom is 0.254 e. The Labute approximate surface area is 98.8 Å². The van der Waals surface area contributed by atoms with Gasteiger partial charge in [0.15, 0.2) is 11.6 Å². The van der Waals surface area contributed by atoms with Crippen LogP contribution in [-0.2, 0) is 4.74 Å². The molecule has 1 amide bonds. The van der Waals surface area contributed by atoms with Crippen molar-refractivity contribution in [2.24, 2.45) is 0 Å². The van der Waals surface area contributed by atoms with Gasteiger partial charge in [0, 0.05) is 7.11 Å². The first-order valence-corrected chi connectivity index (χ1v) is 5.13. The van der Waals surface area contributed by atoms with Gasteiger partial charge in [0.2, 0.25) is 0 Å². The Bertz CT molecular complexity index is 419. The molecule has 1 aromatic rings. The first-order chi connectivity index (χ1) is 7.87. The van der Waals surface area contributed by atoms with Crippen molar-refractivity contribution in [1.82, 2.24) is 5.32 Å². The number of hydrogen-bond donors (Lipinski definition) is 1. The molecule has 0 fully saturated rings. The molecule has 0 aliphatic rings. The third kappa shape index (κ3) is 3.49. The van der Waals surface area contributed by atoms with Crippen molar-refractivity contribution < 1.29 is 18.3 Å². The van der Waals surface area contributed by atoms with E-state index in [1.54, 1.807) is 13.8 Å². The Hall–Kier alpha value is -1.49. The molecular weight excluding hydrogens is 228 g/mol. The second kappa shape index (κ2) is 5.23. The highest BCUT2D eigenvalue weighted by molar-refractivity contribution is 5.94. The molecule has 0 saturated carbocycles. The molecule has 3 nitrogen and oxygen atoms in total. The molecule has 0 bridgehead atoms. The summed E-state index contributed by atoms with van der Waals surface area (Å²) in [7, 11) is 1.50. The summed E-state index contributed by atoms with van der Waals surface area (Å²) in [5, 5.41) is 2.57. The Kier molecular flexibility index (Phi) is 4.17. The van der Waals surface area contributed by atoms with Gasteiger partial charge in [-0.05, 0) is 26.0 Å². The third-order valence-corrected chi connectivity index (χ3v) is 2.15. The van der Waals surface area contributed by atoms with Gasteiger partial charge < -0.3 is 10.1 Å². The number of halogens is 2. The second-order valence-corrected chi connectivity index (χ2v) is 4.37. The Morgan fingerprint density at radius 2 is 2.06 bits per heavy atom. The smallest absolute Gasteiger partial charge is 0.254 e. The molecule has 0 radical (unpaired) electrons. The summed E-state index contributed by atoms with van der Waals surface area (Å²) in [6, 6.07) is 3.49. The van der Waals surface area contributed by atoms with Crippen molar-refractivity contribution in [2.45, 2.75) is 19.4 Å². The van der Waals surface area contributed by atoms with E-state index >= 15 is 0 Å². The average Bonchev–Trinajstić information content (AvgIpc) is 2.21. The number of methoxy groups -OCH3 is 1. The molecule has 1 aromatic carbocycles. The lowest BCUT2D eigenvalue weighted by Gasteiger charge is -2.25. The minimum Gasteiger partial charge on any atom is -0.382 e. The maximum atomic E-state index is 13.3. The van der Waals surface area contributed by atoms with Crippen LogP contribution in [0.5, 0.6) is 0 Å². The summed E-state index contributed by atoms with van der Waals surface area (Å²) < 4.78 is 31.2. The molecule has 0 spiro atoms. The van der Waals surface area contributed by atoms with Crippen LogP contribution >= 0.6 is 0 Å². The van der Waals surface area contributed by atoms with Gasteiger partial charge in [-0.25, -0.2) is 8.78 Å². The van der Waals surface area contributed by atoms with Crippen LogP contribution < -0.4 is 5.32 Å². The van der Waals surface area contributed by atoms with E-state index in [0.29, 0.717) is 0 Å². The van der Waals surface area contributed by atoms with E-state index < -0.39 is 23.1 Å². The predicted molar refractivity (Wildman–Crippen MR) is 59.8 cm³/mol. The molecule has 0 aliphatic heterocycles. The molecule has 17 heavy (non-hydrogen) atoms. The SMILES string of the molecule is COCC(C)(C)NC(=O)c1cccc(F)c1F. The van der Waals surface area contributed by atoms with Crippen LogP contribution in [0.25, 0.3) is 0 Å². The minimum absolute atomic E-state index is 0.273. The van der Waals surface area contributed by atoms with E-state index in [2.05, 4.69) is 5.32 Å². The van der Waals surface area contributed by atoms with Gasteiger partial charge in [-0.1, -0.05) is 6.07 Å². The van der Waals surface area contributed by atoms with Crippen molar-refractivity contribution in [3.8, 4) is 0 Å². The van der Waals surface area contributed by atoms with E-state index in [9.17, 15) is 13.6 Å². The predicted octanol–water partition coefficient (Wildman–Crippen LogP) is 2.12. The lowest BCUT2D eigenvalue weighted by atomic mass is 10.1. The zero-order valence-corrected chi connectivity index (χ0v) is 10.0. The van der Waals surface area contributed by atoms with Crippen LogP contribution in [0, 0.1) is 11.6 Å². The molecule has 0 aromatic heterocycles. The van der Waals surface area contributed by atoms with E-state index in [0.717, 1.165) is 6.07 Å². The zero-order chi connectivity index (χ0) is 13.1. The summed E-state index contributed by atoms with van der Waals surface area (Å²) in [4.78, 5) is 11.7. The van der Waals surface area contributed by atoms with E-state index in [-0.39, 0.29) is 12.2 Å².